The van der Waals surface area contributed by atoms with Crippen LogP contribution in [0.2, 0.25) is 0 Å². The molecule has 0 fully saturated rings. The van der Waals surface area contributed by atoms with Gasteiger partial charge in [0.05, 0.1) is 13.2 Å². The maximum atomic E-state index is 12.9. The van der Waals surface area contributed by atoms with Gasteiger partial charge >= 0.3 is 0 Å². The first-order chi connectivity index (χ1) is 15.6. The summed E-state index contributed by atoms with van der Waals surface area (Å²) in [7, 11) is 1.66. The molecule has 0 saturated carbocycles. The van der Waals surface area contributed by atoms with Gasteiger partial charge in [-0.25, -0.2) is 4.98 Å². The number of anilines is 2. The zero-order valence-electron chi connectivity index (χ0n) is 18.3. The predicted octanol–water partition coefficient (Wildman–Crippen LogP) is 6.22. The minimum absolute atomic E-state index is 0.129. The Balaban J connectivity index is 1.79. The first kappa shape index (κ1) is 21.6. The number of pyridine rings is 1. The van der Waals surface area contributed by atoms with Crippen LogP contribution in [0.3, 0.4) is 0 Å². The minimum Gasteiger partial charge on any atom is -0.497 e. The number of hydrogen-bond donors (Lipinski definition) is 2. The van der Waals surface area contributed by atoms with E-state index < -0.39 is 0 Å². The molecule has 0 aliphatic carbocycles. The Kier molecular flexibility index (Phi) is 6.52. The summed E-state index contributed by atoms with van der Waals surface area (Å²) in [6, 6.07) is 22.8. The van der Waals surface area contributed by atoms with E-state index in [2.05, 4.69) is 35.5 Å². The van der Waals surface area contributed by atoms with Gasteiger partial charge in [-0.2, -0.15) is 0 Å². The van der Waals surface area contributed by atoms with Gasteiger partial charge in [0.2, 0.25) is 0 Å². The molecular formula is C26H25N3O2S. The third-order valence-electron chi connectivity index (χ3n) is 5.37. The van der Waals surface area contributed by atoms with Crippen LogP contribution in [0.25, 0.3) is 0 Å². The Bertz CT molecular complexity index is 1210. The lowest BCUT2D eigenvalue weighted by atomic mass is 9.96. The number of nitrogens with one attached hydrogen (secondary N) is 2. The summed E-state index contributed by atoms with van der Waals surface area (Å²) in [6.45, 7) is 4.16. The summed E-state index contributed by atoms with van der Waals surface area (Å²) >= 11 is 1.58. The molecule has 0 radical (unpaired) electrons. The predicted molar refractivity (Wildman–Crippen MR) is 131 cm³/mol. The second kappa shape index (κ2) is 9.66. The topological polar surface area (TPSA) is 63.2 Å². The molecule has 1 amide bonds. The molecule has 1 atom stereocenters. The van der Waals surface area contributed by atoms with Gasteiger partial charge in [0.15, 0.2) is 0 Å². The smallest absolute Gasteiger partial charge is 0.256 e. The van der Waals surface area contributed by atoms with E-state index in [1.807, 2.05) is 66.7 Å². The van der Waals surface area contributed by atoms with Gasteiger partial charge in [0.25, 0.3) is 5.91 Å². The van der Waals surface area contributed by atoms with E-state index in [1.165, 1.54) is 0 Å². The fraction of sp³-hybridized carbons (Fsp3) is 0.154. The molecule has 32 heavy (non-hydrogen) atoms. The monoisotopic (exact) mass is 443 g/mol. The molecule has 0 saturated heterocycles. The number of aryl methyl sites for hydroxylation is 1. The van der Waals surface area contributed by atoms with Crippen molar-refractivity contribution in [2.24, 2.45) is 0 Å². The summed E-state index contributed by atoms with van der Waals surface area (Å²) in [5, 5.41) is 7.52. The number of aromatic nitrogens is 1. The van der Waals surface area contributed by atoms with Crippen molar-refractivity contribution in [1.82, 2.24) is 4.98 Å². The van der Waals surface area contributed by atoms with E-state index in [0.717, 1.165) is 38.1 Å². The first-order valence-electron chi connectivity index (χ1n) is 10.3. The van der Waals surface area contributed by atoms with Gasteiger partial charge in [-0.1, -0.05) is 36.4 Å². The van der Waals surface area contributed by atoms with Gasteiger partial charge in [0, 0.05) is 22.2 Å². The Morgan fingerprint density at radius 3 is 2.50 bits per heavy atom. The number of hydrogen-bond acceptors (Lipinski definition) is 5. The summed E-state index contributed by atoms with van der Waals surface area (Å²) in [5.41, 5.74) is 3.80. The minimum atomic E-state index is -0.226. The summed E-state index contributed by atoms with van der Waals surface area (Å²) in [5.74, 6) is 1.40. The quantitative estimate of drug-likeness (QED) is 0.356. The highest BCUT2D eigenvalue weighted by atomic mass is 32.1. The Labute approximate surface area is 192 Å². The van der Waals surface area contributed by atoms with Crippen LogP contribution in [-0.4, -0.2) is 18.0 Å². The molecule has 4 aromatic rings. The average molecular weight is 444 g/mol. The highest BCUT2D eigenvalue weighted by molar-refractivity contribution is 7.16. The van der Waals surface area contributed by atoms with Crippen LogP contribution in [-0.2, 0) is 0 Å². The number of thiophene rings is 1. The van der Waals surface area contributed by atoms with Crippen LogP contribution in [0.4, 0.5) is 10.8 Å². The van der Waals surface area contributed by atoms with E-state index in [4.69, 9.17) is 4.74 Å². The van der Waals surface area contributed by atoms with Crippen molar-refractivity contribution in [3.05, 3.63) is 106 Å². The molecule has 2 aromatic heterocycles. The van der Waals surface area contributed by atoms with E-state index in [9.17, 15) is 4.79 Å². The molecule has 2 N–H and O–H groups in total. The largest absolute Gasteiger partial charge is 0.497 e. The number of rotatable bonds is 7. The highest BCUT2D eigenvalue weighted by Gasteiger charge is 2.25. The van der Waals surface area contributed by atoms with E-state index in [1.54, 1.807) is 24.6 Å². The summed E-state index contributed by atoms with van der Waals surface area (Å²) < 4.78 is 5.47. The van der Waals surface area contributed by atoms with Gasteiger partial charge in [-0.15, -0.1) is 11.3 Å². The Morgan fingerprint density at radius 1 is 1.00 bits per heavy atom. The summed E-state index contributed by atoms with van der Waals surface area (Å²) in [6.07, 6.45) is 1.76. The van der Waals surface area contributed by atoms with Gasteiger partial charge < -0.3 is 15.4 Å². The van der Waals surface area contributed by atoms with Crippen molar-refractivity contribution in [1.29, 1.82) is 0 Å². The van der Waals surface area contributed by atoms with Crippen LogP contribution in [0, 0.1) is 13.8 Å². The van der Waals surface area contributed by atoms with Crippen LogP contribution < -0.4 is 15.4 Å². The molecule has 0 aliphatic heterocycles. The van der Waals surface area contributed by atoms with Crippen LogP contribution in [0.1, 0.15) is 38.0 Å². The highest BCUT2D eigenvalue weighted by Crippen LogP contribution is 2.41. The van der Waals surface area contributed by atoms with Crippen LogP contribution in [0.15, 0.2) is 79.0 Å². The number of nitrogens with zero attached hydrogens (tertiary/aromatic N) is 1. The first-order valence-corrected chi connectivity index (χ1v) is 11.2. The maximum Gasteiger partial charge on any atom is 0.256 e. The lowest BCUT2D eigenvalue weighted by Gasteiger charge is -2.23. The fourth-order valence-electron chi connectivity index (χ4n) is 3.59. The zero-order chi connectivity index (χ0) is 22.5. The lowest BCUT2D eigenvalue weighted by Crippen LogP contribution is -2.18. The van der Waals surface area contributed by atoms with Crippen LogP contribution >= 0.6 is 11.3 Å². The molecule has 5 nitrogen and oxygen atoms in total. The molecule has 0 aliphatic rings. The van der Waals surface area contributed by atoms with E-state index in [0.29, 0.717) is 5.56 Å². The standard InChI is InChI=1S/C26H25N3O2S/c1-17-18(2)32-26(29-25(30)19-10-5-4-6-11-19)23(17)24(28-22-14-7-8-15-27-22)20-12-9-13-21(16-20)31-3/h4-16,24H,1-3H3,(H,27,28)(H,29,30)/t24-/m0/s1. The second-order valence-electron chi connectivity index (χ2n) is 7.42. The lowest BCUT2D eigenvalue weighted by molar-refractivity contribution is 0.102. The number of benzene rings is 2. The van der Waals surface area contributed by atoms with Crippen LogP contribution in [0.5, 0.6) is 5.75 Å². The molecule has 0 unspecified atom stereocenters. The number of ether oxygens (including phenoxy) is 1. The normalized spacial score (nSPS) is 11.6. The van der Waals surface area contributed by atoms with Crippen molar-refractivity contribution < 1.29 is 9.53 Å². The fourth-order valence-corrected chi connectivity index (χ4v) is 4.68. The van der Waals surface area contributed by atoms with Crippen molar-refractivity contribution in [2.45, 2.75) is 19.9 Å². The zero-order valence-corrected chi connectivity index (χ0v) is 19.1. The van der Waals surface area contributed by atoms with Crippen molar-refractivity contribution in [3.8, 4) is 5.75 Å². The molecule has 4 rings (SSSR count). The molecule has 162 valence electrons. The number of carbonyl (C=O) groups excluding carboxylic acids is 1. The van der Waals surface area contributed by atoms with Crippen molar-refractivity contribution >= 4 is 28.1 Å². The average Bonchev–Trinajstić information content (AvgIpc) is 3.11. The van der Waals surface area contributed by atoms with Gasteiger partial charge in [-0.05, 0) is 61.4 Å². The summed E-state index contributed by atoms with van der Waals surface area (Å²) in [4.78, 5) is 18.6. The Hall–Kier alpha value is -3.64. The van der Waals surface area contributed by atoms with E-state index >= 15 is 0 Å². The molecular weight excluding hydrogens is 418 g/mol. The van der Waals surface area contributed by atoms with Gasteiger partial charge in [-0.3, -0.25) is 4.79 Å². The third kappa shape index (κ3) is 4.65. The maximum absolute atomic E-state index is 12.9. The van der Waals surface area contributed by atoms with E-state index in [-0.39, 0.29) is 11.9 Å². The Morgan fingerprint density at radius 2 is 1.78 bits per heavy atom. The van der Waals surface area contributed by atoms with Gasteiger partial charge in [0.1, 0.15) is 16.6 Å². The third-order valence-corrected chi connectivity index (χ3v) is 6.51. The molecule has 0 bridgehead atoms. The van der Waals surface area contributed by atoms with Crippen molar-refractivity contribution in [2.75, 3.05) is 17.7 Å². The number of amides is 1. The molecule has 2 aromatic carbocycles. The molecule has 2 heterocycles. The molecule has 6 heteroatoms. The number of methoxy groups -OCH3 is 1. The SMILES string of the molecule is COc1cccc([C@H](Nc2ccccn2)c2c(NC(=O)c3ccccc3)sc(C)c2C)c1. The van der Waals surface area contributed by atoms with Crippen molar-refractivity contribution in [3.63, 3.8) is 0 Å². The molecule has 0 spiro atoms. The second-order valence-corrected chi connectivity index (χ2v) is 8.64. The number of carbonyl (C=O) groups is 1.